The van der Waals surface area contributed by atoms with Crippen LogP contribution in [0.4, 0.5) is 11.6 Å². The van der Waals surface area contributed by atoms with Crippen LogP contribution in [0.2, 0.25) is 5.02 Å². The molecular formula is C22H18ClN3O5. The maximum absolute atomic E-state index is 12.4. The smallest absolute Gasteiger partial charge is 0.433 e. The fraction of sp³-hybridized carbons (Fsp3) is 0.182. The van der Waals surface area contributed by atoms with Crippen molar-refractivity contribution in [3.05, 3.63) is 75.0 Å². The first-order chi connectivity index (χ1) is 14.9. The van der Waals surface area contributed by atoms with Gasteiger partial charge in [-0.05, 0) is 54.3 Å². The van der Waals surface area contributed by atoms with E-state index in [0.717, 1.165) is 18.0 Å². The largest absolute Gasteiger partial charge is 0.436 e. The zero-order valence-electron chi connectivity index (χ0n) is 16.7. The minimum atomic E-state index is -0.718. The number of nitrogens with zero attached hydrogens (tertiary/aromatic N) is 2. The van der Waals surface area contributed by atoms with Crippen molar-refractivity contribution in [3.63, 3.8) is 0 Å². The molecule has 8 nitrogen and oxygen atoms in total. The number of fused-ring (bicyclic) bond motifs is 1. The second-order valence-corrected chi connectivity index (χ2v) is 7.51. The normalized spacial score (nSPS) is 12.1. The summed E-state index contributed by atoms with van der Waals surface area (Å²) in [5, 5.41) is 13.6. The Bertz CT molecular complexity index is 1290. The maximum Gasteiger partial charge on any atom is 0.433 e. The second-order valence-electron chi connectivity index (χ2n) is 7.10. The highest BCUT2D eigenvalue weighted by atomic mass is 35.5. The molecule has 1 atom stereocenters. The molecule has 0 aliphatic heterocycles. The van der Waals surface area contributed by atoms with E-state index in [1.54, 1.807) is 18.2 Å². The standard InChI is InChI=1S/C22H18ClN3O5/c1-3-12(2)13-5-7-18-17(10-13)25-22(31-18)14-4-6-15(23)16(11-14)24-21(27)19-8-9-20(30-19)26(28)29/h4-12H,3H2,1-2H3,(H,24,27). The van der Waals surface area contributed by atoms with Gasteiger partial charge in [-0.15, -0.1) is 0 Å². The fourth-order valence-electron chi connectivity index (χ4n) is 3.10. The zero-order valence-corrected chi connectivity index (χ0v) is 17.5. The Hall–Kier alpha value is -3.65. The molecule has 1 amide bonds. The highest BCUT2D eigenvalue weighted by molar-refractivity contribution is 6.34. The van der Waals surface area contributed by atoms with E-state index in [4.69, 9.17) is 20.4 Å². The van der Waals surface area contributed by atoms with Crippen LogP contribution in [0.15, 0.2) is 57.4 Å². The van der Waals surface area contributed by atoms with Gasteiger partial charge < -0.3 is 14.2 Å². The van der Waals surface area contributed by atoms with Gasteiger partial charge in [0.1, 0.15) is 10.4 Å². The Kier molecular flexibility index (Phi) is 5.48. The van der Waals surface area contributed by atoms with Gasteiger partial charge in [0.2, 0.25) is 5.89 Å². The lowest BCUT2D eigenvalue weighted by molar-refractivity contribution is -0.402. The number of oxazole rings is 1. The molecule has 0 aliphatic carbocycles. The number of nitrogens with one attached hydrogen (secondary N) is 1. The lowest BCUT2D eigenvalue weighted by atomic mass is 9.98. The second kappa shape index (κ2) is 8.23. The summed E-state index contributed by atoms with van der Waals surface area (Å²) in [7, 11) is 0. The van der Waals surface area contributed by atoms with Crippen molar-refractivity contribution >= 4 is 40.2 Å². The van der Waals surface area contributed by atoms with Crippen molar-refractivity contribution in [2.75, 3.05) is 5.32 Å². The summed E-state index contributed by atoms with van der Waals surface area (Å²) >= 11 is 6.22. The van der Waals surface area contributed by atoms with Crippen LogP contribution in [0.3, 0.4) is 0 Å². The molecule has 4 aromatic rings. The number of amides is 1. The average Bonchev–Trinajstić information content (AvgIpc) is 3.41. The van der Waals surface area contributed by atoms with Gasteiger partial charge in [-0.3, -0.25) is 14.9 Å². The average molecular weight is 440 g/mol. The Morgan fingerprint density at radius 2 is 2.00 bits per heavy atom. The van der Waals surface area contributed by atoms with Crippen molar-refractivity contribution in [2.24, 2.45) is 0 Å². The van der Waals surface area contributed by atoms with Crippen LogP contribution >= 0.6 is 11.6 Å². The molecule has 1 N–H and O–H groups in total. The molecule has 1 unspecified atom stereocenters. The molecule has 2 heterocycles. The van der Waals surface area contributed by atoms with Gasteiger partial charge in [0, 0.05) is 5.56 Å². The van der Waals surface area contributed by atoms with E-state index in [0.29, 0.717) is 28.6 Å². The number of benzene rings is 2. The number of anilines is 1. The first-order valence-electron chi connectivity index (χ1n) is 9.61. The third-order valence-electron chi connectivity index (χ3n) is 5.05. The van der Waals surface area contributed by atoms with E-state index < -0.39 is 16.7 Å². The van der Waals surface area contributed by atoms with Crippen molar-refractivity contribution in [2.45, 2.75) is 26.2 Å². The molecule has 2 aromatic heterocycles. The number of rotatable bonds is 6. The molecule has 0 saturated carbocycles. The quantitative estimate of drug-likeness (QED) is 0.274. The lowest BCUT2D eigenvalue weighted by Gasteiger charge is -2.07. The Balaban J connectivity index is 1.62. The molecule has 2 aromatic carbocycles. The van der Waals surface area contributed by atoms with Gasteiger partial charge in [-0.2, -0.15) is 0 Å². The monoisotopic (exact) mass is 439 g/mol. The van der Waals surface area contributed by atoms with Crippen LogP contribution < -0.4 is 5.32 Å². The topological polar surface area (TPSA) is 111 Å². The minimum absolute atomic E-state index is 0.201. The van der Waals surface area contributed by atoms with Gasteiger partial charge in [-0.25, -0.2) is 4.98 Å². The van der Waals surface area contributed by atoms with Crippen LogP contribution in [-0.4, -0.2) is 15.8 Å². The van der Waals surface area contributed by atoms with Crippen LogP contribution in [0, 0.1) is 10.1 Å². The molecule has 158 valence electrons. The highest BCUT2D eigenvalue weighted by Crippen LogP contribution is 2.32. The van der Waals surface area contributed by atoms with Gasteiger partial charge in [0.05, 0.1) is 16.8 Å². The summed E-state index contributed by atoms with van der Waals surface area (Å²) in [5.74, 6) is -0.583. The molecule has 4 rings (SSSR count). The molecule has 9 heteroatoms. The first kappa shape index (κ1) is 20.6. The number of furan rings is 1. The number of halogens is 1. The van der Waals surface area contributed by atoms with Crippen LogP contribution in [0.5, 0.6) is 0 Å². The number of carbonyl (C=O) groups excluding carboxylic acids is 1. The summed E-state index contributed by atoms with van der Waals surface area (Å²) in [4.78, 5) is 27.0. The van der Waals surface area contributed by atoms with E-state index in [2.05, 4.69) is 24.1 Å². The lowest BCUT2D eigenvalue weighted by Crippen LogP contribution is -2.11. The molecular weight excluding hydrogens is 422 g/mol. The van der Waals surface area contributed by atoms with Crippen molar-refractivity contribution in [1.82, 2.24) is 4.98 Å². The van der Waals surface area contributed by atoms with Gasteiger partial charge >= 0.3 is 5.88 Å². The summed E-state index contributed by atoms with van der Waals surface area (Å²) in [6.07, 6.45) is 1.02. The molecule has 31 heavy (non-hydrogen) atoms. The number of nitro groups is 1. The number of aromatic nitrogens is 1. The summed E-state index contributed by atoms with van der Waals surface area (Å²) in [6, 6.07) is 13.2. The van der Waals surface area contributed by atoms with Crippen molar-refractivity contribution in [1.29, 1.82) is 0 Å². The Morgan fingerprint density at radius 1 is 1.19 bits per heavy atom. The zero-order chi connectivity index (χ0) is 22.1. The predicted molar refractivity (Wildman–Crippen MR) is 116 cm³/mol. The minimum Gasteiger partial charge on any atom is -0.436 e. The van der Waals surface area contributed by atoms with E-state index in [-0.39, 0.29) is 10.8 Å². The van der Waals surface area contributed by atoms with Crippen molar-refractivity contribution < 1.29 is 18.6 Å². The van der Waals surface area contributed by atoms with Crippen molar-refractivity contribution in [3.8, 4) is 11.5 Å². The Morgan fingerprint density at radius 3 is 2.71 bits per heavy atom. The van der Waals surface area contributed by atoms with Gasteiger partial charge in [-0.1, -0.05) is 31.5 Å². The number of carbonyl (C=O) groups is 1. The molecule has 0 bridgehead atoms. The maximum atomic E-state index is 12.4. The number of hydrogen-bond donors (Lipinski definition) is 1. The summed E-state index contributed by atoms with van der Waals surface area (Å²) in [6.45, 7) is 4.29. The third-order valence-corrected chi connectivity index (χ3v) is 5.38. The van der Waals surface area contributed by atoms with Crippen LogP contribution in [0.1, 0.15) is 42.3 Å². The SMILES string of the molecule is CCC(C)c1ccc2oc(-c3ccc(Cl)c(NC(=O)c4ccc([N+](=O)[O-])o4)c3)nc2c1. The van der Waals surface area contributed by atoms with E-state index in [1.165, 1.54) is 11.6 Å². The highest BCUT2D eigenvalue weighted by Gasteiger charge is 2.19. The molecule has 0 aliphatic rings. The summed E-state index contributed by atoms with van der Waals surface area (Å²) < 4.78 is 10.8. The van der Waals surface area contributed by atoms with E-state index in [1.807, 2.05) is 18.2 Å². The molecule has 0 fully saturated rings. The fourth-order valence-corrected chi connectivity index (χ4v) is 3.26. The van der Waals surface area contributed by atoms with E-state index in [9.17, 15) is 14.9 Å². The molecule has 0 radical (unpaired) electrons. The van der Waals surface area contributed by atoms with Crippen LogP contribution in [0.25, 0.3) is 22.6 Å². The number of hydrogen-bond acceptors (Lipinski definition) is 6. The van der Waals surface area contributed by atoms with E-state index >= 15 is 0 Å². The van der Waals surface area contributed by atoms with Gasteiger partial charge in [0.15, 0.2) is 11.3 Å². The molecule has 0 spiro atoms. The third kappa shape index (κ3) is 4.15. The Labute approximate surface area is 182 Å². The summed E-state index contributed by atoms with van der Waals surface area (Å²) in [5.41, 5.74) is 3.50. The molecule has 0 saturated heterocycles. The first-order valence-corrected chi connectivity index (χ1v) is 9.99. The predicted octanol–water partition coefficient (Wildman–Crippen LogP) is 6.42. The van der Waals surface area contributed by atoms with Crippen LogP contribution in [-0.2, 0) is 0 Å². The van der Waals surface area contributed by atoms with Gasteiger partial charge in [0.25, 0.3) is 5.91 Å².